The van der Waals surface area contributed by atoms with E-state index in [0.717, 1.165) is 23.8 Å². The lowest BCUT2D eigenvalue weighted by molar-refractivity contribution is -0.141. The molecule has 2 atom stereocenters. The van der Waals surface area contributed by atoms with E-state index in [1.807, 2.05) is 0 Å². The lowest BCUT2D eigenvalue weighted by Crippen LogP contribution is -2.53. The van der Waals surface area contributed by atoms with Crippen molar-refractivity contribution in [3.05, 3.63) is 35.4 Å². The average Bonchev–Trinajstić information content (AvgIpc) is 3.35. The summed E-state index contributed by atoms with van der Waals surface area (Å²) in [7, 11) is 1.34. The van der Waals surface area contributed by atoms with Gasteiger partial charge in [-0.05, 0) is 31.4 Å². The summed E-state index contributed by atoms with van der Waals surface area (Å²) >= 11 is 0. The van der Waals surface area contributed by atoms with E-state index in [1.165, 1.54) is 32.2 Å². The first-order valence-corrected chi connectivity index (χ1v) is 7.99. The Morgan fingerprint density at radius 2 is 1.92 bits per heavy atom. The molecule has 0 bridgehead atoms. The van der Waals surface area contributed by atoms with E-state index >= 15 is 0 Å². The third-order valence-corrected chi connectivity index (χ3v) is 4.10. The van der Waals surface area contributed by atoms with Crippen molar-refractivity contribution in [2.24, 2.45) is 5.92 Å². The van der Waals surface area contributed by atoms with Gasteiger partial charge in [0.15, 0.2) is 0 Å². The molecular weight excluding hydrogens is 337 g/mol. The SMILES string of the molecule is C[C@@H](O)[C@H](NC(=O)C1CC1)C(=O)N(C)Cc1ccccc1C(F)(F)F. The van der Waals surface area contributed by atoms with Crippen LogP contribution >= 0.6 is 0 Å². The van der Waals surface area contributed by atoms with Crippen LogP contribution < -0.4 is 5.32 Å². The first kappa shape index (κ1) is 19.2. The summed E-state index contributed by atoms with van der Waals surface area (Å²) in [6.07, 6.45) is -4.21. The number of aliphatic hydroxyl groups is 1. The predicted octanol–water partition coefficient (Wildman–Crippen LogP) is 1.94. The fourth-order valence-corrected chi connectivity index (χ4v) is 2.51. The van der Waals surface area contributed by atoms with Gasteiger partial charge < -0.3 is 15.3 Å². The molecule has 2 rings (SSSR count). The number of amides is 2. The van der Waals surface area contributed by atoms with Crippen molar-refractivity contribution in [2.45, 2.75) is 44.6 Å². The minimum atomic E-state index is -4.52. The Morgan fingerprint density at radius 3 is 2.44 bits per heavy atom. The third kappa shape index (κ3) is 4.94. The van der Waals surface area contributed by atoms with E-state index in [1.54, 1.807) is 0 Å². The number of carbonyl (C=O) groups excluding carboxylic acids is 2. The number of alkyl halides is 3. The minimum Gasteiger partial charge on any atom is -0.391 e. The number of rotatable bonds is 6. The van der Waals surface area contributed by atoms with Crippen molar-refractivity contribution < 1.29 is 27.9 Å². The summed E-state index contributed by atoms with van der Waals surface area (Å²) in [5, 5.41) is 12.3. The van der Waals surface area contributed by atoms with Crippen molar-refractivity contribution in [1.29, 1.82) is 0 Å². The van der Waals surface area contributed by atoms with Crippen LogP contribution in [0, 0.1) is 5.92 Å². The van der Waals surface area contributed by atoms with Crippen LogP contribution in [0.5, 0.6) is 0 Å². The maximum Gasteiger partial charge on any atom is 0.416 e. The molecule has 0 heterocycles. The van der Waals surface area contributed by atoms with Crippen molar-refractivity contribution in [3.63, 3.8) is 0 Å². The van der Waals surface area contributed by atoms with Gasteiger partial charge in [0.05, 0.1) is 11.7 Å². The Morgan fingerprint density at radius 1 is 1.32 bits per heavy atom. The van der Waals surface area contributed by atoms with Gasteiger partial charge in [0.2, 0.25) is 11.8 Å². The molecule has 1 aliphatic rings. The monoisotopic (exact) mass is 358 g/mol. The van der Waals surface area contributed by atoms with Gasteiger partial charge in [-0.1, -0.05) is 18.2 Å². The predicted molar refractivity (Wildman–Crippen MR) is 84.3 cm³/mol. The molecule has 25 heavy (non-hydrogen) atoms. The molecule has 1 saturated carbocycles. The van der Waals surface area contributed by atoms with Gasteiger partial charge >= 0.3 is 6.18 Å². The van der Waals surface area contributed by atoms with E-state index in [0.29, 0.717) is 0 Å². The van der Waals surface area contributed by atoms with E-state index in [9.17, 15) is 27.9 Å². The second-order valence-corrected chi connectivity index (χ2v) is 6.35. The molecule has 0 aliphatic heterocycles. The second kappa shape index (κ2) is 7.43. The molecule has 1 aliphatic carbocycles. The van der Waals surface area contributed by atoms with Gasteiger partial charge in [0.25, 0.3) is 0 Å². The molecule has 5 nitrogen and oxygen atoms in total. The molecule has 0 radical (unpaired) electrons. The highest BCUT2D eigenvalue weighted by atomic mass is 19.4. The first-order valence-electron chi connectivity index (χ1n) is 7.99. The zero-order valence-corrected chi connectivity index (χ0v) is 14.0. The number of aliphatic hydroxyl groups excluding tert-OH is 1. The molecule has 1 fully saturated rings. The summed E-state index contributed by atoms with van der Waals surface area (Å²) in [5.74, 6) is -1.10. The van der Waals surface area contributed by atoms with Crippen LogP contribution in [0.1, 0.15) is 30.9 Å². The molecular formula is C17H21F3N2O3. The topological polar surface area (TPSA) is 69.6 Å². The number of hydrogen-bond donors (Lipinski definition) is 2. The molecule has 0 aromatic heterocycles. The van der Waals surface area contributed by atoms with Crippen LogP contribution in [0.4, 0.5) is 13.2 Å². The Balaban J connectivity index is 2.11. The summed E-state index contributed by atoms with van der Waals surface area (Å²) in [5.41, 5.74) is -0.867. The van der Waals surface area contributed by atoms with Crippen molar-refractivity contribution in [1.82, 2.24) is 10.2 Å². The van der Waals surface area contributed by atoms with Gasteiger partial charge in [0.1, 0.15) is 6.04 Å². The standard InChI is InChI=1S/C17H21F3N2O3/c1-10(23)14(21-15(24)11-7-8-11)16(25)22(2)9-12-5-3-4-6-13(12)17(18,19)20/h3-6,10-11,14,23H,7-9H2,1-2H3,(H,21,24)/t10-,14+/m1/s1. The number of halogens is 3. The van der Waals surface area contributed by atoms with Crippen molar-refractivity contribution in [3.8, 4) is 0 Å². The maximum absolute atomic E-state index is 13.1. The normalized spacial score (nSPS) is 16.9. The number of carbonyl (C=O) groups is 2. The molecule has 8 heteroatoms. The maximum atomic E-state index is 13.1. The zero-order chi connectivity index (χ0) is 18.8. The van der Waals surface area contributed by atoms with Crippen LogP contribution in [0.3, 0.4) is 0 Å². The number of nitrogens with zero attached hydrogens (tertiary/aromatic N) is 1. The van der Waals surface area contributed by atoms with Gasteiger partial charge in [-0.2, -0.15) is 13.2 Å². The van der Waals surface area contributed by atoms with Crippen LogP contribution in [-0.2, 0) is 22.3 Å². The lowest BCUT2D eigenvalue weighted by Gasteiger charge is -2.27. The van der Waals surface area contributed by atoms with Crippen LogP contribution in [0.25, 0.3) is 0 Å². The van der Waals surface area contributed by atoms with Gasteiger partial charge in [-0.25, -0.2) is 0 Å². The van der Waals surface area contributed by atoms with Crippen LogP contribution in [-0.4, -0.2) is 41.0 Å². The van der Waals surface area contributed by atoms with E-state index in [4.69, 9.17) is 0 Å². The fraction of sp³-hybridized carbons (Fsp3) is 0.529. The van der Waals surface area contributed by atoms with Gasteiger partial charge in [-0.15, -0.1) is 0 Å². The highest BCUT2D eigenvalue weighted by molar-refractivity contribution is 5.89. The zero-order valence-electron chi connectivity index (χ0n) is 14.0. The Hall–Kier alpha value is -2.09. The lowest BCUT2D eigenvalue weighted by atomic mass is 10.1. The molecule has 0 unspecified atom stereocenters. The van der Waals surface area contributed by atoms with Gasteiger partial charge in [0, 0.05) is 19.5 Å². The smallest absolute Gasteiger partial charge is 0.391 e. The number of nitrogens with one attached hydrogen (secondary N) is 1. The van der Waals surface area contributed by atoms with Crippen molar-refractivity contribution in [2.75, 3.05) is 7.05 Å². The highest BCUT2D eigenvalue weighted by Crippen LogP contribution is 2.32. The largest absolute Gasteiger partial charge is 0.416 e. The Bertz CT molecular complexity index is 642. The molecule has 0 spiro atoms. The molecule has 1 aromatic rings. The molecule has 1 aromatic carbocycles. The number of likely N-dealkylation sites (N-methyl/N-ethyl adjacent to an activating group) is 1. The molecule has 2 N–H and O–H groups in total. The van der Waals surface area contributed by atoms with Crippen molar-refractivity contribution >= 4 is 11.8 Å². The summed E-state index contributed by atoms with van der Waals surface area (Å²) in [4.78, 5) is 25.4. The molecule has 138 valence electrons. The molecule has 2 amide bonds. The Kier molecular flexibility index (Phi) is 5.72. The number of benzene rings is 1. The van der Waals surface area contributed by atoms with Crippen LogP contribution in [0.2, 0.25) is 0 Å². The van der Waals surface area contributed by atoms with E-state index in [-0.39, 0.29) is 23.9 Å². The molecule has 0 saturated heterocycles. The fourth-order valence-electron chi connectivity index (χ4n) is 2.51. The summed E-state index contributed by atoms with van der Waals surface area (Å²) in [6, 6.07) is 3.81. The third-order valence-electron chi connectivity index (χ3n) is 4.10. The van der Waals surface area contributed by atoms with Gasteiger partial charge in [-0.3, -0.25) is 9.59 Å². The highest BCUT2D eigenvalue weighted by Gasteiger charge is 2.36. The number of hydrogen-bond acceptors (Lipinski definition) is 3. The van der Waals surface area contributed by atoms with E-state index < -0.39 is 29.8 Å². The second-order valence-electron chi connectivity index (χ2n) is 6.35. The minimum absolute atomic E-state index is 0.0521. The first-order chi connectivity index (χ1) is 11.6. The Labute approximate surface area is 143 Å². The summed E-state index contributed by atoms with van der Waals surface area (Å²) < 4.78 is 39.2. The average molecular weight is 358 g/mol. The van der Waals surface area contributed by atoms with Crippen LogP contribution in [0.15, 0.2) is 24.3 Å². The summed E-state index contributed by atoms with van der Waals surface area (Å²) in [6.45, 7) is 1.07. The quantitative estimate of drug-likeness (QED) is 0.817. The van der Waals surface area contributed by atoms with E-state index in [2.05, 4.69) is 5.32 Å².